The molecule has 0 fully saturated rings. The zero-order valence-corrected chi connectivity index (χ0v) is 19.1. The van der Waals surface area contributed by atoms with Gasteiger partial charge in [-0.1, -0.05) is 6.08 Å². The van der Waals surface area contributed by atoms with Gasteiger partial charge >= 0.3 is 6.09 Å². The Hall–Kier alpha value is -2.77. The molecule has 7 heteroatoms. The summed E-state index contributed by atoms with van der Waals surface area (Å²) in [6.45, 7) is 6.82. The van der Waals surface area contributed by atoms with Crippen molar-refractivity contribution in [2.24, 2.45) is 0 Å². The SMILES string of the molecule is C[S+]([O-])c1ccc(-c2cn3cc(C4=CCN(C(=O)OC(C)(C)C)CC4)ccc3n2)cc1. The van der Waals surface area contributed by atoms with Crippen LogP contribution in [0.3, 0.4) is 0 Å². The van der Waals surface area contributed by atoms with Gasteiger partial charge in [-0.25, -0.2) is 9.78 Å². The van der Waals surface area contributed by atoms with Crippen LogP contribution in [0.4, 0.5) is 4.79 Å². The molecule has 1 aliphatic rings. The number of carbonyl (C=O) groups excluding carboxylic acids is 1. The van der Waals surface area contributed by atoms with Crippen LogP contribution in [-0.4, -0.2) is 49.9 Å². The highest BCUT2D eigenvalue weighted by Gasteiger charge is 2.24. The Morgan fingerprint density at radius 1 is 1.10 bits per heavy atom. The third-order valence-corrected chi connectivity index (χ3v) is 6.10. The van der Waals surface area contributed by atoms with Gasteiger partial charge in [0.2, 0.25) is 0 Å². The second-order valence-electron chi connectivity index (χ2n) is 8.69. The van der Waals surface area contributed by atoms with Gasteiger partial charge in [0.25, 0.3) is 0 Å². The van der Waals surface area contributed by atoms with E-state index >= 15 is 0 Å². The molecule has 162 valence electrons. The predicted octanol–water partition coefficient (Wildman–Crippen LogP) is 4.76. The molecule has 2 aromatic heterocycles. The van der Waals surface area contributed by atoms with E-state index in [-0.39, 0.29) is 6.09 Å². The molecule has 0 radical (unpaired) electrons. The fourth-order valence-electron chi connectivity index (χ4n) is 3.56. The molecule has 31 heavy (non-hydrogen) atoms. The van der Waals surface area contributed by atoms with Crippen LogP contribution < -0.4 is 0 Å². The maximum Gasteiger partial charge on any atom is 0.410 e. The first-order valence-corrected chi connectivity index (χ1v) is 11.9. The first-order chi connectivity index (χ1) is 14.7. The molecule has 1 atom stereocenters. The standard InChI is InChI=1S/C24H27N3O3S/c1-24(2,3)30-23(28)26-13-11-17(12-14-26)19-7-10-22-25-21(16-27(22)15-19)18-5-8-20(9-6-18)31(4)29/h5-11,15-16H,12-14H2,1-4H3. The van der Waals surface area contributed by atoms with Gasteiger partial charge in [0.1, 0.15) is 17.5 Å². The van der Waals surface area contributed by atoms with Gasteiger partial charge in [-0.05, 0) is 85.9 Å². The molecule has 4 rings (SSSR count). The van der Waals surface area contributed by atoms with Gasteiger partial charge in [-0.3, -0.25) is 0 Å². The van der Waals surface area contributed by atoms with E-state index in [1.807, 2.05) is 61.7 Å². The van der Waals surface area contributed by atoms with Gasteiger partial charge in [0, 0.05) is 31.0 Å². The van der Waals surface area contributed by atoms with E-state index in [2.05, 4.69) is 18.3 Å². The van der Waals surface area contributed by atoms with E-state index in [4.69, 9.17) is 9.72 Å². The number of carbonyl (C=O) groups is 1. The molecule has 1 amide bonds. The molecular weight excluding hydrogens is 410 g/mol. The Kier molecular flexibility index (Phi) is 5.81. The van der Waals surface area contributed by atoms with E-state index in [1.165, 1.54) is 5.57 Å². The number of ether oxygens (including phenoxy) is 1. The van der Waals surface area contributed by atoms with Crippen molar-refractivity contribution in [3.8, 4) is 11.3 Å². The smallest absolute Gasteiger partial charge is 0.410 e. The fraction of sp³-hybridized carbons (Fsp3) is 0.333. The zero-order chi connectivity index (χ0) is 22.2. The maximum atomic E-state index is 12.3. The summed E-state index contributed by atoms with van der Waals surface area (Å²) in [5, 5.41) is 0. The molecule has 1 aromatic carbocycles. The first kappa shape index (κ1) is 21.5. The number of fused-ring (bicyclic) bond motifs is 1. The molecule has 3 aromatic rings. The summed E-state index contributed by atoms with van der Waals surface area (Å²) < 4.78 is 19.1. The van der Waals surface area contributed by atoms with Crippen molar-refractivity contribution in [1.82, 2.24) is 14.3 Å². The summed E-state index contributed by atoms with van der Waals surface area (Å²) in [7, 11) is 0. The van der Waals surface area contributed by atoms with Crippen molar-refractivity contribution in [2.75, 3.05) is 19.3 Å². The average molecular weight is 438 g/mol. The third-order valence-electron chi connectivity index (χ3n) is 5.16. The Labute approximate surface area is 185 Å². The van der Waals surface area contributed by atoms with Crippen molar-refractivity contribution in [2.45, 2.75) is 37.7 Å². The van der Waals surface area contributed by atoms with Crippen molar-refractivity contribution in [3.63, 3.8) is 0 Å². The largest absolute Gasteiger partial charge is 0.612 e. The molecule has 3 heterocycles. The van der Waals surface area contributed by atoms with Crippen LogP contribution in [-0.2, 0) is 15.9 Å². The molecule has 0 bridgehead atoms. The summed E-state index contributed by atoms with van der Waals surface area (Å²) in [5.74, 6) is 0. The second kappa shape index (κ2) is 8.40. The normalized spacial score (nSPS) is 15.6. The highest BCUT2D eigenvalue weighted by molar-refractivity contribution is 7.90. The third kappa shape index (κ3) is 4.94. The van der Waals surface area contributed by atoms with Crippen molar-refractivity contribution < 1.29 is 14.1 Å². The Bertz CT molecular complexity index is 1130. The minimum atomic E-state index is -0.990. The van der Waals surface area contributed by atoms with E-state index in [0.29, 0.717) is 13.1 Å². The molecule has 0 aliphatic carbocycles. The van der Waals surface area contributed by atoms with E-state index in [1.54, 1.807) is 11.2 Å². The summed E-state index contributed by atoms with van der Waals surface area (Å²) in [6.07, 6.45) is 8.37. The maximum absolute atomic E-state index is 12.3. The summed E-state index contributed by atoms with van der Waals surface area (Å²) in [4.78, 5) is 19.5. The fourth-order valence-corrected chi connectivity index (χ4v) is 4.08. The summed E-state index contributed by atoms with van der Waals surface area (Å²) in [5.41, 5.74) is 4.58. The lowest BCUT2D eigenvalue weighted by Crippen LogP contribution is -2.39. The van der Waals surface area contributed by atoms with E-state index < -0.39 is 16.8 Å². The Morgan fingerprint density at radius 3 is 2.42 bits per heavy atom. The highest BCUT2D eigenvalue weighted by Crippen LogP contribution is 2.26. The number of imidazole rings is 1. The number of rotatable bonds is 3. The van der Waals surface area contributed by atoms with Crippen LogP contribution in [0.5, 0.6) is 0 Å². The van der Waals surface area contributed by atoms with Gasteiger partial charge in [0.15, 0.2) is 4.90 Å². The van der Waals surface area contributed by atoms with Gasteiger partial charge < -0.3 is 18.6 Å². The molecule has 0 spiro atoms. The van der Waals surface area contributed by atoms with Crippen molar-refractivity contribution in [3.05, 3.63) is 60.4 Å². The molecule has 0 saturated carbocycles. The van der Waals surface area contributed by atoms with Crippen molar-refractivity contribution in [1.29, 1.82) is 0 Å². The van der Waals surface area contributed by atoms with Crippen LogP contribution in [0.25, 0.3) is 22.5 Å². The monoisotopic (exact) mass is 437 g/mol. The van der Waals surface area contributed by atoms with Crippen LogP contribution in [0.15, 0.2) is 59.8 Å². The number of nitrogens with zero attached hydrogens (tertiary/aromatic N) is 3. The van der Waals surface area contributed by atoms with Gasteiger partial charge in [0.05, 0.1) is 5.69 Å². The Morgan fingerprint density at radius 2 is 1.81 bits per heavy atom. The number of pyridine rings is 1. The second-order valence-corrected chi connectivity index (χ2v) is 10.1. The molecule has 1 aliphatic heterocycles. The Balaban J connectivity index is 1.51. The van der Waals surface area contributed by atoms with E-state index in [0.717, 1.165) is 33.8 Å². The predicted molar refractivity (Wildman–Crippen MR) is 123 cm³/mol. The number of benzene rings is 1. The quantitative estimate of drug-likeness (QED) is 0.554. The highest BCUT2D eigenvalue weighted by atomic mass is 32.2. The van der Waals surface area contributed by atoms with Crippen molar-refractivity contribution >= 4 is 28.5 Å². The lowest BCUT2D eigenvalue weighted by Gasteiger charge is -2.29. The van der Waals surface area contributed by atoms with Crippen LogP contribution >= 0.6 is 0 Å². The van der Waals surface area contributed by atoms with Crippen LogP contribution in [0, 0.1) is 0 Å². The molecule has 0 N–H and O–H groups in total. The summed E-state index contributed by atoms with van der Waals surface area (Å²) in [6, 6.07) is 11.7. The number of amides is 1. The lowest BCUT2D eigenvalue weighted by molar-refractivity contribution is 0.0270. The number of hydrogen-bond acceptors (Lipinski definition) is 4. The average Bonchev–Trinajstić information content (AvgIpc) is 3.16. The molecular formula is C24H27N3O3S. The number of aromatic nitrogens is 2. The number of hydrogen-bond donors (Lipinski definition) is 0. The first-order valence-electron chi connectivity index (χ1n) is 10.3. The summed E-state index contributed by atoms with van der Waals surface area (Å²) >= 11 is -0.990. The molecule has 0 saturated heterocycles. The zero-order valence-electron chi connectivity index (χ0n) is 18.3. The minimum absolute atomic E-state index is 0.268. The van der Waals surface area contributed by atoms with Crippen LogP contribution in [0.1, 0.15) is 32.8 Å². The lowest BCUT2D eigenvalue weighted by atomic mass is 10.0. The van der Waals surface area contributed by atoms with E-state index in [9.17, 15) is 9.35 Å². The van der Waals surface area contributed by atoms with Gasteiger partial charge in [-0.2, -0.15) is 0 Å². The molecule has 1 unspecified atom stereocenters. The molecule has 6 nitrogen and oxygen atoms in total. The van der Waals surface area contributed by atoms with Crippen LogP contribution in [0.2, 0.25) is 0 Å². The van der Waals surface area contributed by atoms with Gasteiger partial charge in [-0.15, -0.1) is 0 Å². The minimum Gasteiger partial charge on any atom is -0.612 e. The topological polar surface area (TPSA) is 69.9 Å².